The Kier molecular flexibility index (Phi) is 12.4. The Morgan fingerprint density at radius 1 is 0.840 bits per heavy atom. The molecule has 3 aliphatic heterocycles. The van der Waals surface area contributed by atoms with Gasteiger partial charge in [0.1, 0.15) is 17.6 Å². The van der Waals surface area contributed by atoms with Gasteiger partial charge in [0.15, 0.2) is 0 Å². The molecule has 3 aliphatic rings. The van der Waals surface area contributed by atoms with Gasteiger partial charge in [0.05, 0.1) is 38.0 Å². The van der Waals surface area contributed by atoms with Crippen molar-refractivity contribution < 1.29 is 19.1 Å². The van der Waals surface area contributed by atoms with Crippen LogP contribution in [0.5, 0.6) is 5.75 Å². The van der Waals surface area contributed by atoms with E-state index in [-0.39, 0.29) is 29.8 Å². The number of urea groups is 1. The Morgan fingerprint density at radius 3 is 2.02 bits per heavy atom. The zero-order valence-electron chi connectivity index (χ0n) is 29.1. The summed E-state index contributed by atoms with van der Waals surface area (Å²) in [7, 11) is 0. The summed E-state index contributed by atoms with van der Waals surface area (Å²) in [5.41, 5.74) is 3.64. The molecule has 3 aromatic carbocycles. The van der Waals surface area contributed by atoms with Crippen molar-refractivity contribution in [1.29, 1.82) is 0 Å². The molecule has 12 heteroatoms. The van der Waals surface area contributed by atoms with Gasteiger partial charge in [0.2, 0.25) is 5.91 Å². The average molecular weight is 743 g/mol. The van der Waals surface area contributed by atoms with E-state index in [4.69, 9.17) is 37.7 Å². The Morgan fingerprint density at radius 2 is 1.44 bits per heavy atom. The third-order valence-electron chi connectivity index (χ3n) is 9.45. The number of nitrogens with zero attached hydrogens (tertiary/aromatic N) is 5. The highest BCUT2D eigenvalue weighted by atomic mass is 35.5. The van der Waals surface area contributed by atoms with Gasteiger partial charge in [-0.15, -0.1) is 12.4 Å². The number of halogens is 3. The molecule has 2 atom stereocenters. The number of aliphatic imine (C=N–C) groups is 1. The molecule has 2 saturated heterocycles. The first kappa shape index (κ1) is 37.9. The lowest BCUT2D eigenvalue weighted by atomic mass is 9.86. The molecule has 0 bridgehead atoms. The van der Waals surface area contributed by atoms with Crippen LogP contribution < -0.4 is 4.74 Å². The van der Waals surface area contributed by atoms with Crippen molar-refractivity contribution in [3.05, 3.63) is 99.0 Å². The van der Waals surface area contributed by atoms with Crippen molar-refractivity contribution in [2.75, 3.05) is 65.6 Å². The van der Waals surface area contributed by atoms with Crippen molar-refractivity contribution in [3.8, 4) is 5.75 Å². The first-order valence-corrected chi connectivity index (χ1v) is 17.8. The minimum atomic E-state index is -0.460. The van der Waals surface area contributed by atoms with Gasteiger partial charge < -0.3 is 19.3 Å². The Labute approximate surface area is 311 Å². The van der Waals surface area contributed by atoms with Crippen LogP contribution in [-0.4, -0.2) is 103 Å². The van der Waals surface area contributed by atoms with E-state index in [1.54, 1.807) is 0 Å². The van der Waals surface area contributed by atoms with E-state index in [0.29, 0.717) is 87.3 Å². The number of carbonyl (C=O) groups is 2. The van der Waals surface area contributed by atoms with Gasteiger partial charge in [-0.25, -0.2) is 4.79 Å². The highest BCUT2D eigenvalue weighted by Gasteiger charge is 2.45. The van der Waals surface area contributed by atoms with Crippen LogP contribution in [0.25, 0.3) is 0 Å². The number of hydrogen-bond acceptors (Lipinski definition) is 6. The molecule has 0 unspecified atom stereocenters. The maximum Gasteiger partial charge on any atom is 0.326 e. The van der Waals surface area contributed by atoms with Crippen molar-refractivity contribution in [3.63, 3.8) is 0 Å². The fraction of sp³-hybridized carbons (Fsp3) is 0.447. The molecule has 3 amide bonds. The van der Waals surface area contributed by atoms with E-state index >= 15 is 0 Å². The Hall–Kier alpha value is -3.34. The summed E-state index contributed by atoms with van der Waals surface area (Å²) in [6.45, 7) is 13.8. The Balaban J connectivity index is 0.00000486. The number of ether oxygens (including phenoxy) is 2. The molecule has 0 aromatic heterocycles. The Bertz CT molecular complexity index is 1670. The third-order valence-corrected chi connectivity index (χ3v) is 9.95. The second kappa shape index (κ2) is 16.3. The molecule has 268 valence electrons. The molecule has 3 heterocycles. The van der Waals surface area contributed by atoms with Crippen molar-refractivity contribution in [2.24, 2.45) is 4.99 Å². The second-order valence-electron chi connectivity index (χ2n) is 13.7. The zero-order chi connectivity index (χ0) is 34.7. The molecule has 50 heavy (non-hydrogen) atoms. The molecule has 0 radical (unpaired) electrons. The number of morpholine rings is 1. The smallest absolute Gasteiger partial charge is 0.326 e. The topological polar surface area (TPSA) is 77.9 Å². The lowest BCUT2D eigenvalue weighted by Crippen LogP contribution is -2.56. The predicted molar refractivity (Wildman–Crippen MR) is 201 cm³/mol. The van der Waals surface area contributed by atoms with E-state index < -0.39 is 12.1 Å². The third kappa shape index (κ3) is 8.40. The SMILES string of the molecule is CCOc1cc(C(C)(C)C)ccc1C1=N[C@@H](c2ccc(Cl)cc2)[C@@H](c2ccc(Cl)cc2)N1C(=O)N1CCN(CC(=O)N2CCOCC2)CC1.Cl. The number of piperazine rings is 1. The van der Waals surface area contributed by atoms with Crippen LogP contribution in [0.4, 0.5) is 4.79 Å². The second-order valence-corrected chi connectivity index (χ2v) is 14.6. The summed E-state index contributed by atoms with van der Waals surface area (Å²) in [5.74, 6) is 1.34. The summed E-state index contributed by atoms with van der Waals surface area (Å²) < 4.78 is 11.7. The minimum Gasteiger partial charge on any atom is -0.493 e. The normalized spacial score (nSPS) is 20.0. The molecule has 3 aromatic rings. The summed E-state index contributed by atoms with van der Waals surface area (Å²) >= 11 is 12.7. The van der Waals surface area contributed by atoms with E-state index in [1.807, 2.05) is 76.2 Å². The summed E-state index contributed by atoms with van der Waals surface area (Å²) in [4.78, 5) is 40.9. The molecule has 6 rings (SSSR count). The van der Waals surface area contributed by atoms with Crippen LogP contribution in [0.1, 0.15) is 62.0 Å². The minimum absolute atomic E-state index is 0. The average Bonchev–Trinajstić information content (AvgIpc) is 3.49. The monoisotopic (exact) mass is 741 g/mol. The lowest BCUT2D eigenvalue weighted by molar-refractivity contribution is -0.136. The largest absolute Gasteiger partial charge is 0.493 e. The van der Waals surface area contributed by atoms with Crippen molar-refractivity contribution >= 4 is 53.4 Å². The highest BCUT2D eigenvalue weighted by Crippen LogP contribution is 2.46. The molecule has 9 nitrogen and oxygen atoms in total. The number of amidine groups is 1. The lowest BCUT2D eigenvalue weighted by Gasteiger charge is -2.39. The zero-order valence-corrected chi connectivity index (χ0v) is 31.4. The van der Waals surface area contributed by atoms with Crippen LogP contribution >= 0.6 is 35.6 Å². The quantitative estimate of drug-likeness (QED) is 0.255. The fourth-order valence-electron chi connectivity index (χ4n) is 6.66. The van der Waals surface area contributed by atoms with E-state index in [2.05, 4.69) is 37.8 Å². The van der Waals surface area contributed by atoms with Gasteiger partial charge in [0.25, 0.3) is 0 Å². The molecule has 0 N–H and O–H groups in total. The van der Waals surface area contributed by atoms with Crippen LogP contribution in [0, 0.1) is 0 Å². The molecular weight excluding hydrogens is 697 g/mol. The van der Waals surface area contributed by atoms with Crippen molar-refractivity contribution in [1.82, 2.24) is 19.6 Å². The van der Waals surface area contributed by atoms with Crippen molar-refractivity contribution in [2.45, 2.75) is 45.2 Å². The van der Waals surface area contributed by atoms with E-state index in [1.165, 1.54) is 0 Å². The first-order chi connectivity index (χ1) is 23.5. The standard InChI is InChI=1S/C38H45Cl2N5O4.ClH/c1-5-49-32-24-28(38(2,3)4)10-15-31(32)36-41-34(26-6-11-29(39)12-7-26)35(27-8-13-30(40)14-9-27)45(36)37(47)44-18-16-42(17-19-44)25-33(46)43-20-22-48-23-21-43;/h6-15,24,34-35H,5,16-23,25H2,1-4H3;1H/t34-,35+;/m0./s1. The van der Waals surface area contributed by atoms with Crippen LogP contribution in [0.3, 0.4) is 0 Å². The highest BCUT2D eigenvalue weighted by molar-refractivity contribution is 6.30. The molecule has 0 aliphatic carbocycles. The maximum absolute atomic E-state index is 14.9. The van der Waals surface area contributed by atoms with Gasteiger partial charge in [0, 0.05) is 49.3 Å². The van der Waals surface area contributed by atoms with Gasteiger partial charge in [-0.1, -0.05) is 74.3 Å². The maximum atomic E-state index is 14.9. The number of benzene rings is 3. The number of hydrogen-bond donors (Lipinski definition) is 0. The van der Waals surface area contributed by atoms with Crippen LogP contribution in [0.2, 0.25) is 10.0 Å². The summed E-state index contributed by atoms with van der Waals surface area (Å²) in [5, 5.41) is 1.24. The predicted octanol–water partition coefficient (Wildman–Crippen LogP) is 7.25. The number of amides is 3. The summed E-state index contributed by atoms with van der Waals surface area (Å²) in [6, 6.07) is 20.5. The van der Waals surface area contributed by atoms with Crippen LogP contribution in [-0.2, 0) is 14.9 Å². The molecule has 0 saturated carbocycles. The summed E-state index contributed by atoms with van der Waals surface area (Å²) in [6.07, 6.45) is 0. The van der Waals surface area contributed by atoms with Crippen LogP contribution in [0.15, 0.2) is 71.7 Å². The van der Waals surface area contributed by atoms with Gasteiger partial charge >= 0.3 is 6.03 Å². The molecular formula is C38H46Cl3N5O4. The fourth-order valence-corrected chi connectivity index (χ4v) is 6.91. The van der Waals surface area contributed by atoms with Gasteiger partial charge in [-0.2, -0.15) is 0 Å². The van der Waals surface area contributed by atoms with Gasteiger partial charge in [-0.05, 0) is 65.4 Å². The molecule has 2 fully saturated rings. The van der Waals surface area contributed by atoms with E-state index in [9.17, 15) is 9.59 Å². The molecule has 0 spiro atoms. The van der Waals surface area contributed by atoms with E-state index in [0.717, 1.165) is 22.3 Å². The number of carbonyl (C=O) groups excluding carboxylic acids is 2. The van der Waals surface area contributed by atoms with Gasteiger partial charge in [-0.3, -0.25) is 19.6 Å². The first-order valence-electron chi connectivity index (χ1n) is 17.1. The number of rotatable bonds is 7.